The number of fused-ring (bicyclic) bond motifs is 7. The quantitative estimate of drug-likeness (QED) is 0.201. The monoisotopic (exact) mass is 564 g/mol. The van der Waals surface area contributed by atoms with Gasteiger partial charge in [-0.1, -0.05) is 127 Å². The number of hydrogen-bond donors (Lipinski definition) is 0. The lowest BCUT2D eigenvalue weighted by atomic mass is 9.95. The van der Waals surface area contributed by atoms with Crippen LogP contribution in [0.5, 0.6) is 0 Å². The van der Waals surface area contributed by atoms with Gasteiger partial charge in [0, 0.05) is 33.0 Å². The van der Waals surface area contributed by atoms with Gasteiger partial charge in [0.2, 0.25) is 0 Å². The molecule has 0 fully saturated rings. The highest BCUT2D eigenvalue weighted by Crippen LogP contribution is 2.44. The smallest absolute Gasteiger partial charge is 0.0788 e. The van der Waals surface area contributed by atoms with Gasteiger partial charge < -0.3 is 9.13 Å². The van der Waals surface area contributed by atoms with E-state index in [2.05, 4.69) is 155 Å². The molecule has 0 bridgehead atoms. The van der Waals surface area contributed by atoms with Crippen LogP contribution in [0.1, 0.15) is 24.1 Å². The zero-order valence-electron chi connectivity index (χ0n) is 24.6. The van der Waals surface area contributed by atoms with Gasteiger partial charge >= 0.3 is 0 Å². The molecular formula is C42H32N2. The topological polar surface area (TPSA) is 9.86 Å². The predicted octanol–water partition coefficient (Wildman–Crippen LogP) is 10.9. The Morgan fingerprint density at radius 3 is 1.61 bits per heavy atom. The fraction of sp³-hybridized carbons (Fsp3) is 0.0952. The molecule has 2 heteroatoms. The molecule has 1 aliphatic carbocycles. The maximum absolute atomic E-state index is 2.63. The van der Waals surface area contributed by atoms with E-state index in [1.807, 2.05) is 0 Å². The maximum atomic E-state index is 2.63. The number of aryl methyl sites for hydroxylation is 1. The van der Waals surface area contributed by atoms with Crippen molar-refractivity contribution < 1.29 is 0 Å². The van der Waals surface area contributed by atoms with Crippen LogP contribution < -0.4 is 0 Å². The van der Waals surface area contributed by atoms with E-state index in [4.69, 9.17) is 0 Å². The highest BCUT2D eigenvalue weighted by atomic mass is 15.1. The third-order valence-electron chi connectivity index (χ3n) is 9.53. The first-order chi connectivity index (χ1) is 21.9. The minimum absolute atomic E-state index is 1.09. The summed E-state index contributed by atoms with van der Waals surface area (Å²) < 4.78 is 5.18. The van der Waals surface area contributed by atoms with Gasteiger partial charge in [0.1, 0.15) is 0 Å². The molecule has 0 N–H and O–H groups in total. The second kappa shape index (κ2) is 10.1. The van der Waals surface area contributed by atoms with Crippen LogP contribution in [0.25, 0.3) is 66.3 Å². The molecule has 6 aromatic carbocycles. The molecular weight excluding hydrogens is 532 g/mol. The summed E-state index contributed by atoms with van der Waals surface area (Å²) in [6.45, 7) is 0. The Hall–Kier alpha value is -5.34. The first kappa shape index (κ1) is 25.2. The fourth-order valence-corrected chi connectivity index (χ4v) is 7.65. The van der Waals surface area contributed by atoms with E-state index in [0.29, 0.717) is 0 Å². The van der Waals surface area contributed by atoms with E-state index in [9.17, 15) is 0 Å². The lowest BCUT2D eigenvalue weighted by molar-refractivity contribution is 0.667. The van der Waals surface area contributed by atoms with Crippen molar-refractivity contribution in [1.29, 1.82) is 0 Å². The SMILES string of the molecule is c1ccc(-c2ccccc2-n2c3c(c4ccc5c6ccccc6n(-c6ccccc6-c6ccccc6)c5c42)CCCC3)cc1. The molecule has 210 valence electrons. The van der Waals surface area contributed by atoms with Crippen molar-refractivity contribution >= 4 is 32.7 Å². The van der Waals surface area contributed by atoms with Gasteiger partial charge in [-0.05, 0) is 60.6 Å². The van der Waals surface area contributed by atoms with Crippen LogP contribution in [0.2, 0.25) is 0 Å². The molecule has 0 aliphatic heterocycles. The van der Waals surface area contributed by atoms with Crippen molar-refractivity contribution in [2.24, 2.45) is 0 Å². The van der Waals surface area contributed by atoms with E-state index in [1.165, 1.54) is 90.4 Å². The second-order valence-corrected chi connectivity index (χ2v) is 11.9. The van der Waals surface area contributed by atoms with Crippen LogP contribution in [-0.2, 0) is 12.8 Å². The zero-order valence-corrected chi connectivity index (χ0v) is 24.6. The predicted molar refractivity (Wildman–Crippen MR) is 185 cm³/mol. The molecule has 0 unspecified atom stereocenters. The molecule has 0 saturated carbocycles. The molecule has 9 rings (SSSR count). The molecule has 2 aromatic heterocycles. The fourth-order valence-electron chi connectivity index (χ4n) is 7.65. The summed E-state index contributed by atoms with van der Waals surface area (Å²) in [6.07, 6.45) is 4.68. The van der Waals surface area contributed by atoms with Crippen LogP contribution in [-0.4, -0.2) is 9.13 Å². The van der Waals surface area contributed by atoms with E-state index in [1.54, 1.807) is 0 Å². The molecule has 44 heavy (non-hydrogen) atoms. The number of para-hydroxylation sites is 3. The van der Waals surface area contributed by atoms with E-state index in [-0.39, 0.29) is 0 Å². The Balaban J connectivity index is 1.48. The number of nitrogens with zero attached hydrogens (tertiary/aromatic N) is 2. The largest absolute Gasteiger partial charge is 0.311 e. The Morgan fingerprint density at radius 1 is 0.386 bits per heavy atom. The normalized spacial score (nSPS) is 13.1. The summed E-state index contributed by atoms with van der Waals surface area (Å²) in [5, 5.41) is 3.97. The molecule has 0 amide bonds. The van der Waals surface area contributed by atoms with Gasteiger partial charge in [0.15, 0.2) is 0 Å². The second-order valence-electron chi connectivity index (χ2n) is 11.9. The number of benzene rings is 6. The van der Waals surface area contributed by atoms with Crippen molar-refractivity contribution in [2.45, 2.75) is 25.7 Å². The van der Waals surface area contributed by atoms with E-state index >= 15 is 0 Å². The summed E-state index contributed by atoms with van der Waals surface area (Å²) in [5.74, 6) is 0. The minimum Gasteiger partial charge on any atom is -0.311 e. The highest BCUT2D eigenvalue weighted by Gasteiger charge is 2.27. The van der Waals surface area contributed by atoms with Gasteiger partial charge in [0.25, 0.3) is 0 Å². The van der Waals surface area contributed by atoms with E-state index in [0.717, 1.165) is 12.8 Å². The average Bonchev–Trinajstić information content (AvgIpc) is 3.62. The van der Waals surface area contributed by atoms with Crippen LogP contribution in [0, 0.1) is 0 Å². The van der Waals surface area contributed by atoms with Gasteiger partial charge in [-0.3, -0.25) is 0 Å². The summed E-state index contributed by atoms with van der Waals surface area (Å²) >= 11 is 0. The Morgan fingerprint density at radius 2 is 0.909 bits per heavy atom. The minimum atomic E-state index is 1.09. The Kier molecular flexibility index (Phi) is 5.80. The van der Waals surface area contributed by atoms with Crippen LogP contribution in [0.15, 0.2) is 146 Å². The van der Waals surface area contributed by atoms with Crippen LogP contribution >= 0.6 is 0 Å². The molecule has 0 atom stereocenters. The lowest BCUT2D eigenvalue weighted by Gasteiger charge is -2.20. The Bertz CT molecular complexity index is 2320. The van der Waals surface area contributed by atoms with Crippen molar-refractivity contribution in [3.05, 3.63) is 157 Å². The molecule has 2 nitrogen and oxygen atoms in total. The van der Waals surface area contributed by atoms with Gasteiger partial charge in [-0.25, -0.2) is 0 Å². The summed E-state index contributed by atoms with van der Waals surface area (Å²) in [4.78, 5) is 0. The maximum Gasteiger partial charge on any atom is 0.0788 e. The van der Waals surface area contributed by atoms with Crippen molar-refractivity contribution in [3.8, 4) is 33.6 Å². The molecule has 0 spiro atoms. The molecule has 8 aromatic rings. The number of aromatic nitrogens is 2. The molecule has 0 saturated heterocycles. The molecule has 2 heterocycles. The summed E-state index contributed by atoms with van der Waals surface area (Å²) in [6, 6.07) is 53.2. The van der Waals surface area contributed by atoms with Crippen LogP contribution in [0.3, 0.4) is 0 Å². The van der Waals surface area contributed by atoms with Crippen LogP contribution in [0.4, 0.5) is 0 Å². The van der Waals surface area contributed by atoms with E-state index < -0.39 is 0 Å². The number of rotatable bonds is 4. The van der Waals surface area contributed by atoms with Gasteiger partial charge in [-0.2, -0.15) is 0 Å². The third kappa shape index (κ3) is 3.74. The zero-order chi connectivity index (χ0) is 29.0. The molecule has 1 aliphatic rings. The first-order valence-electron chi connectivity index (χ1n) is 15.8. The first-order valence-corrected chi connectivity index (χ1v) is 15.8. The third-order valence-corrected chi connectivity index (χ3v) is 9.53. The summed E-state index contributed by atoms with van der Waals surface area (Å²) in [7, 11) is 0. The van der Waals surface area contributed by atoms with Crippen molar-refractivity contribution in [2.75, 3.05) is 0 Å². The van der Waals surface area contributed by atoms with Gasteiger partial charge in [-0.15, -0.1) is 0 Å². The molecule has 0 radical (unpaired) electrons. The highest BCUT2D eigenvalue weighted by molar-refractivity contribution is 6.19. The van der Waals surface area contributed by atoms with Crippen molar-refractivity contribution in [3.63, 3.8) is 0 Å². The number of hydrogen-bond acceptors (Lipinski definition) is 0. The van der Waals surface area contributed by atoms with Gasteiger partial charge in [0.05, 0.1) is 27.9 Å². The standard InChI is InChI=1S/C42H32N2/c1-3-15-29(16-4-1)31-19-7-11-23-37(31)43-39-25-13-9-21-33(39)35-27-28-36-34-22-10-14-26-40(34)44(42(36)41(35)43)38-24-12-8-20-32(38)30-17-5-2-6-18-30/h1-9,11-13,15-21,23-25,27-28H,10,14,22,26H2. The Labute approximate surface area is 257 Å². The lowest BCUT2D eigenvalue weighted by Crippen LogP contribution is -2.08. The average molecular weight is 565 g/mol. The van der Waals surface area contributed by atoms with Crippen molar-refractivity contribution in [1.82, 2.24) is 9.13 Å². The summed E-state index contributed by atoms with van der Waals surface area (Å²) in [5.41, 5.74) is 14.3.